The molecule has 1 unspecified atom stereocenters. The first-order chi connectivity index (χ1) is 9.70. The normalized spacial score (nSPS) is 14.1. The Balaban J connectivity index is 2.93. The van der Waals surface area contributed by atoms with Gasteiger partial charge in [-0.3, -0.25) is 0 Å². The van der Waals surface area contributed by atoms with Gasteiger partial charge in [-0.25, -0.2) is 13.1 Å². The fourth-order valence-electron chi connectivity index (χ4n) is 2.21. The Labute approximate surface area is 129 Å². The molecule has 0 aliphatic carbocycles. The number of sulfonamides is 1. The van der Waals surface area contributed by atoms with Gasteiger partial charge < -0.3 is 5.73 Å². The minimum atomic E-state index is -3.50. The summed E-state index contributed by atoms with van der Waals surface area (Å²) in [6.45, 7) is 8.60. The molecule has 0 fully saturated rings. The van der Waals surface area contributed by atoms with Crippen LogP contribution in [-0.2, 0) is 16.4 Å². The molecule has 0 aromatic heterocycles. The Kier molecular flexibility index (Phi) is 6.38. The second-order valence-corrected chi connectivity index (χ2v) is 8.23. The molecule has 0 bridgehead atoms. The van der Waals surface area contributed by atoms with Crippen molar-refractivity contribution >= 4 is 10.0 Å². The highest BCUT2D eigenvalue weighted by atomic mass is 32.2. The molecule has 1 aromatic carbocycles. The molecule has 1 aromatic rings. The van der Waals surface area contributed by atoms with Gasteiger partial charge in [0, 0.05) is 6.04 Å². The summed E-state index contributed by atoms with van der Waals surface area (Å²) >= 11 is 0. The largest absolute Gasteiger partial charge is 0.330 e. The molecule has 3 N–H and O–H groups in total. The molecule has 0 amide bonds. The summed E-state index contributed by atoms with van der Waals surface area (Å²) in [4.78, 5) is 0.314. The predicted molar refractivity (Wildman–Crippen MR) is 87.7 cm³/mol. The number of benzene rings is 1. The van der Waals surface area contributed by atoms with Crippen LogP contribution in [0, 0.1) is 5.41 Å². The van der Waals surface area contributed by atoms with Crippen LogP contribution < -0.4 is 10.5 Å². The summed E-state index contributed by atoms with van der Waals surface area (Å²) in [5, 5.41) is 0. The molecular formula is C16H28N2O2S. The molecular weight excluding hydrogens is 284 g/mol. The molecule has 0 heterocycles. The first kappa shape index (κ1) is 18.1. The van der Waals surface area contributed by atoms with Crippen molar-refractivity contribution in [1.29, 1.82) is 0 Å². The van der Waals surface area contributed by atoms with Crippen LogP contribution in [0.15, 0.2) is 29.2 Å². The van der Waals surface area contributed by atoms with Gasteiger partial charge in [0.05, 0.1) is 4.90 Å². The molecule has 0 aliphatic heterocycles. The molecule has 0 saturated carbocycles. The van der Waals surface area contributed by atoms with Crippen LogP contribution in [0.2, 0.25) is 0 Å². The van der Waals surface area contributed by atoms with E-state index in [1.165, 1.54) is 0 Å². The van der Waals surface area contributed by atoms with E-state index in [2.05, 4.69) is 11.6 Å². The maximum atomic E-state index is 12.5. The van der Waals surface area contributed by atoms with E-state index >= 15 is 0 Å². The molecule has 120 valence electrons. The summed E-state index contributed by atoms with van der Waals surface area (Å²) in [5.41, 5.74) is 6.59. The van der Waals surface area contributed by atoms with Crippen LogP contribution in [0.25, 0.3) is 0 Å². The zero-order valence-electron chi connectivity index (χ0n) is 13.5. The fraction of sp³-hybridized carbons (Fsp3) is 0.625. The molecule has 0 radical (unpaired) electrons. The standard InChI is InChI=1S/C16H28N2O2S/c1-5-6-13-7-9-14(10-8-13)21(19,20)18-15(11-12-17)16(2,3)4/h7-10,15,18H,5-6,11-12,17H2,1-4H3. The maximum Gasteiger partial charge on any atom is 0.240 e. The number of nitrogens with one attached hydrogen (secondary N) is 1. The maximum absolute atomic E-state index is 12.5. The van der Waals surface area contributed by atoms with Crippen molar-refractivity contribution in [3.63, 3.8) is 0 Å². The van der Waals surface area contributed by atoms with Crippen LogP contribution in [0.5, 0.6) is 0 Å². The minimum Gasteiger partial charge on any atom is -0.330 e. The fourth-order valence-corrected chi connectivity index (χ4v) is 3.69. The van der Waals surface area contributed by atoms with Gasteiger partial charge in [-0.2, -0.15) is 0 Å². The number of nitrogens with two attached hydrogens (primary N) is 1. The number of rotatable bonds is 7. The van der Waals surface area contributed by atoms with E-state index in [1.807, 2.05) is 32.9 Å². The average Bonchev–Trinajstić information content (AvgIpc) is 2.38. The smallest absolute Gasteiger partial charge is 0.240 e. The molecule has 0 aliphatic rings. The summed E-state index contributed by atoms with van der Waals surface area (Å²) in [5.74, 6) is 0. The third-order valence-electron chi connectivity index (χ3n) is 3.57. The summed E-state index contributed by atoms with van der Waals surface area (Å²) in [7, 11) is -3.50. The summed E-state index contributed by atoms with van der Waals surface area (Å²) in [6, 6.07) is 6.94. The van der Waals surface area contributed by atoms with Gasteiger partial charge in [-0.05, 0) is 42.5 Å². The minimum absolute atomic E-state index is 0.172. The van der Waals surface area contributed by atoms with Crippen molar-refractivity contribution in [3.8, 4) is 0 Å². The van der Waals surface area contributed by atoms with Crippen molar-refractivity contribution in [3.05, 3.63) is 29.8 Å². The first-order valence-electron chi connectivity index (χ1n) is 7.52. The highest BCUT2D eigenvalue weighted by molar-refractivity contribution is 7.89. The van der Waals surface area contributed by atoms with E-state index in [4.69, 9.17) is 5.73 Å². The third kappa shape index (κ3) is 5.41. The average molecular weight is 312 g/mol. The molecule has 4 nitrogen and oxygen atoms in total. The van der Waals surface area contributed by atoms with E-state index in [9.17, 15) is 8.42 Å². The summed E-state index contributed by atoms with van der Waals surface area (Å²) in [6.07, 6.45) is 2.63. The topological polar surface area (TPSA) is 72.2 Å². The van der Waals surface area contributed by atoms with Gasteiger partial charge >= 0.3 is 0 Å². The van der Waals surface area contributed by atoms with Crippen LogP contribution in [0.4, 0.5) is 0 Å². The lowest BCUT2D eigenvalue weighted by Gasteiger charge is -2.31. The highest BCUT2D eigenvalue weighted by Crippen LogP contribution is 2.23. The Morgan fingerprint density at radius 3 is 2.19 bits per heavy atom. The molecule has 5 heteroatoms. The van der Waals surface area contributed by atoms with Crippen LogP contribution in [0.3, 0.4) is 0 Å². The van der Waals surface area contributed by atoms with E-state index in [1.54, 1.807) is 12.1 Å². The zero-order valence-corrected chi connectivity index (χ0v) is 14.3. The van der Waals surface area contributed by atoms with Crippen LogP contribution in [0.1, 0.15) is 46.1 Å². The molecule has 1 atom stereocenters. The number of hydrogen-bond donors (Lipinski definition) is 2. The second-order valence-electron chi connectivity index (χ2n) is 6.51. The van der Waals surface area contributed by atoms with Crippen molar-refractivity contribution in [2.75, 3.05) is 6.54 Å². The molecule has 0 saturated heterocycles. The SMILES string of the molecule is CCCc1ccc(S(=O)(=O)NC(CCN)C(C)(C)C)cc1. The van der Waals surface area contributed by atoms with E-state index in [-0.39, 0.29) is 11.5 Å². The lowest BCUT2D eigenvalue weighted by Crippen LogP contribution is -2.44. The third-order valence-corrected chi connectivity index (χ3v) is 5.06. The lowest BCUT2D eigenvalue weighted by molar-refractivity contribution is 0.287. The second kappa shape index (κ2) is 7.38. The van der Waals surface area contributed by atoms with E-state index < -0.39 is 10.0 Å². The quantitative estimate of drug-likeness (QED) is 0.813. The predicted octanol–water partition coefficient (Wildman–Crippen LogP) is 2.68. The molecule has 21 heavy (non-hydrogen) atoms. The van der Waals surface area contributed by atoms with Crippen molar-refractivity contribution < 1.29 is 8.42 Å². The van der Waals surface area contributed by atoms with E-state index in [0.717, 1.165) is 18.4 Å². The van der Waals surface area contributed by atoms with Gasteiger partial charge in [0.1, 0.15) is 0 Å². The Bertz CT molecular complexity index is 530. The Morgan fingerprint density at radius 2 is 1.76 bits per heavy atom. The molecule has 0 spiro atoms. The highest BCUT2D eigenvalue weighted by Gasteiger charge is 2.28. The van der Waals surface area contributed by atoms with Crippen LogP contribution in [-0.4, -0.2) is 21.0 Å². The number of aryl methyl sites for hydroxylation is 1. The Morgan fingerprint density at radius 1 is 1.19 bits per heavy atom. The van der Waals surface area contributed by atoms with Crippen molar-refractivity contribution in [1.82, 2.24) is 4.72 Å². The van der Waals surface area contributed by atoms with Crippen molar-refractivity contribution in [2.45, 2.75) is 57.9 Å². The van der Waals surface area contributed by atoms with Gasteiger partial charge in [-0.1, -0.05) is 46.2 Å². The summed E-state index contributed by atoms with van der Waals surface area (Å²) < 4.78 is 27.8. The van der Waals surface area contributed by atoms with E-state index in [0.29, 0.717) is 17.9 Å². The van der Waals surface area contributed by atoms with Gasteiger partial charge in [-0.15, -0.1) is 0 Å². The van der Waals surface area contributed by atoms with Gasteiger partial charge in [0.2, 0.25) is 10.0 Å². The zero-order chi connectivity index (χ0) is 16.1. The first-order valence-corrected chi connectivity index (χ1v) is 9.00. The van der Waals surface area contributed by atoms with Crippen molar-refractivity contribution in [2.24, 2.45) is 11.1 Å². The van der Waals surface area contributed by atoms with Crippen LogP contribution >= 0.6 is 0 Å². The van der Waals surface area contributed by atoms with Gasteiger partial charge in [0.25, 0.3) is 0 Å². The number of hydrogen-bond acceptors (Lipinski definition) is 3. The van der Waals surface area contributed by atoms with Gasteiger partial charge in [0.15, 0.2) is 0 Å². The molecule has 1 rings (SSSR count). The Hall–Kier alpha value is -0.910. The monoisotopic (exact) mass is 312 g/mol. The lowest BCUT2D eigenvalue weighted by atomic mass is 9.85.